The van der Waals surface area contributed by atoms with Crippen LogP contribution in [0.15, 0.2) is 60.9 Å². The van der Waals surface area contributed by atoms with Crippen molar-refractivity contribution in [1.29, 1.82) is 0 Å². The van der Waals surface area contributed by atoms with Crippen LogP contribution in [0.1, 0.15) is 5.69 Å². The molecule has 1 aromatic carbocycles. The second-order valence-electron chi connectivity index (χ2n) is 3.91. The zero-order valence-electron chi connectivity index (χ0n) is 9.17. The van der Waals surface area contributed by atoms with Gasteiger partial charge in [0.1, 0.15) is 5.52 Å². The standard InChI is InChI=1S/C14H13N2/c1-12-6-4-5-10-15(12)16-11-9-13-7-2-3-8-14(13)16/h2-11H,1H3/q+1. The lowest BCUT2D eigenvalue weighted by Gasteiger charge is -2.00. The summed E-state index contributed by atoms with van der Waals surface area (Å²) in [6.45, 7) is 2.11. The van der Waals surface area contributed by atoms with Gasteiger partial charge in [0, 0.05) is 24.4 Å². The Labute approximate surface area is 94.4 Å². The van der Waals surface area contributed by atoms with Crippen molar-refractivity contribution in [2.45, 2.75) is 6.92 Å². The number of nitrogens with zero attached hydrogens (tertiary/aromatic N) is 2. The molecule has 2 heteroatoms. The number of hydrogen-bond donors (Lipinski definition) is 0. The molecule has 3 aromatic rings. The summed E-state index contributed by atoms with van der Waals surface area (Å²) in [5.41, 5.74) is 2.44. The molecule has 0 fully saturated rings. The highest BCUT2D eigenvalue weighted by Crippen LogP contribution is 2.13. The number of rotatable bonds is 1. The first kappa shape index (κ1) is 9.16. The highest BCUT2D eigenvalue weighted by atomic mass is 15.4. The van der Waals surface area contributed by atoms with Crippen molar-refractivity contribution in [2.75, 3.05) is 0 Å². The fourth-order valence-electron chi connectivity index (χ4n) is 2.02. The average molecular weight is 209 g/mol. The van der Waals surface area contributed by atoms with Gasteiger partial charge in [-0.05, 0) is 18.2 Å². The lowest BCUT2D eigenvalue weighted by Crippen LogP contribution is -2.43. The Balaban J connectivity index is 2.31. The van der Waals surface area contributed by atoms with Crippen molar-refractivity contribution < 1.29 is 4.68 Å². The summed E-state index contributed by atoms with van der Waals surface area (Å²) in [5.74, 6) is 0. The Morgan fingerprint density at radius 1 is 0.938 bits per heavy atom. The minimum Gasteiger partial charge on any atom is -0.123 e. The van der Waals surface area contributed by atoms with Gasteiger partial charge in [-0.15, -0.1) is 4.68 Å². The van der Waals surface area contributed by atoms with Crippen LogP contribution in [0.2, 0.25) is 0 Å². The van der Waals surface area contributed by atoms with Gasteiger partial charge in [0.25, 0.3) is 0 Å². The average Bonchev–Trinajstić information content (AvgIpc) is 2.74. The van der Waals surface area contributed by atoms with E-state index in [0.717, 1.165) is 0 Å². The molecule has 0 aliphatic heterocycles. The van der Waals surface area contributed by atoms with Crippen LogP contribution in [-0.2, 0) is 0 Å². The maximum atomic E-state index is 2.16. The molecular weight excluding hydrogens is 196 g/mol. The zero-order valence-corrected chi connectivity index (χ0v) is 9.17. The molecule has 0 aliphatic carbocycles. The highest BCUT2D eigenvalue weighted by Gasteiger charge is 2.10. The van der Waals surface area contributed by atoms with Crippen LogP contribution in [0, 0.1) is 6.92 Å². The van der Waals surface area contributed by atoms with Crippen molar-refractivity contribution in [3.63, 3.8) is 0 Å². The van der Waals surface area contributed by atoms with Gasteiger partial charge >= 0.3 is 0 Å². The molecule has 0 N–H and O–H groups in total. The van der Waals surface area contributed by atoms with Gasteiger partial charge in [0.2, 0.25) is 11.9 Å². The Bertz CT molecular complexity index is 638. The first-order valence-electron chi connectivity index (χ1n) is 5.40. The summed E-state index contributed by atoms with van der Waals surface area (Å²) in [4.78, 5) is 0. The van der Waals surface area contributed by atoms with Gasteiger partial charge in [-0.2, -0.15) is 0 Å². The topological polar surface area (TPSA) is 8.81 Å². The van der Waals surface area contributed by atoms with Crippen LogP contribution in [0.5, 0.6) is 0 Å². The van der Waals surface area contributed by atoms with Gasteiger partial charge in [-0.25, -0.2) is 0 Å². The molecule has 0 bridgehead atoms. The summed E-state index contributed by atoms with van der Waals surface area (Å²) in [6.07, 6.45) is 4.17. The first-order valence-corrected chi connectivity index (χ1v) is 5.40. The van der Waals surface area contributed by atoms with E-state index in [1.54, 1.807) is 0 Å². The molecule has 0 amide bonds. The Hall–Kier alpha value is -2.09. The van der Waals surface area contributed by atoms with Gasteiger partial charge in [-0.3, -0.25) is 0 Å². The molecule has 0 atom stereocenters. The third-order valence-electron chi connectivity index (χ3n) is 2.85. The van der Waals surface area contributed by atoms with E-state index in [9.17, 15) is 0 Å². The number of aryl methyl sites for hydroxylation is 1. The molecule has 2 nitrogen and oxygen atoms in total. The minimum absolute atomic E-state index is 1.21. The Morgan fingerprint density at radius 2 is 1.75 bits per heavy atom. The van der Waals surface area contributed by atoms with Crippen LogP contribution >= 0.6 is 0 Å². The van der Waals surface area contributed by atoms with Crippen LogP contribution in [-0.4, -0.2) is 4.68 Å². The molecule has 78 valence electrons. The number of fused-ring (bicyclic) bond motifs is 1. The molecule has 0 unspecified atom stereocenters. The fraction of sp³-hybridized carbons (Fsp3) is 0.0714. The van der Waals surface area contributed by atoms with Gasteiger partial charge < -0.3 is 0 Å². The fourth-order valence-corrected chi connectivity index (χ4v) is 2.02. The van der Waals surface area contributed by atoms with Crippen molar-refractivity contribution >= 4 is 10.9 Å². The molecule has 3 rings (SSSR count). The van der Waals surface area contributed by atoms with Gasteiger partial charge in [0.15, 0.2) is 0 Å². The SMILES string of the molecule is Cc1cccc[n+]1-n1ccc2ccccc21. The smallest absolute Gasteiger partial charge is 0.123 e. The van der Waals surface area contributed by atoms with Crippen LogP contribution in [0.25, 0.3) is 10.9 Å². The summed E-state index contributed by atoms with van der Waals surface area (Å²) < 4.78 is 4.30. The van der Waals surface area contributed by atoms with E-state index in [1.807, 2.05) is 6.07 Å². The maximum Gasteiger partial charge on any atom is 0.209 e. The predicted molar refractivity (Wildman–Crippen MR) is 64.1 cm³/mol. The van der Waals surface area contributed by atoms with E-state index < -0.39 is 0 Å². The quantitative estimate of drug-likeness (QED) is 0.545. The molecule has 0 aliphatic rings. The molecule has 16 heavy (non-hydrogen) atoms. The van der Waals surface area contributed by atoms with Crippen LogP contribution in [0.4, 0.5) is 0 Å². The van der Waals surface area contributed by atoms with E-state index in [1.165, 1.54) is 16.6 Å². The van der Waals surface area contributed by atoms with E-state index >= 15 is 0 Å². The molecular formula is C14H13N2+. The Morgan fingerprint density at radius 3 is 2.62 bits per heavy atom. The third kappa shape index (κ3) is 1.31. The van der Waals surface area contributed by atoms with Gasteiger partial charge in [0.05, 0.1) is 6.20 Å². The number of benzene rings is 1. The first-order chi connectivity index (χ1) is 7.86. The summed E-state index contributed by atoms with van der Waals surface area (Å²) in [5, 5.41) is 1.26. The van der Waals surface area contributed by atoms with E-state index in [2.05, 4.69) is 71.1 Å². The lowest BCUT2D eigenvalue weighted by molar-refractivity contribution is -0.729. The number of pyridine rings is 1. The van der Waals surface area contributed by atoms with E-state index in [-0.39, 0.29) is 0 Å². The minimum atomic E-state index is 1.21. The van der Waals surface area contributed by atoms with Crippen molar-refractivity contribution in [1.82, 2.24) is 4.68 Å². The molecule has 0 saturated carbocycles. The predicted octanol–water partition coefficient (Wildman–Crippen LogP) is 2.55. The van der Waals surface area contributed by atoms with Crippen LogP contribution in [0.3, 0.4) is 0 Å². The molecule has 0 spiro atoms. The summed E-state index contributed by atoms with van der Waals surface area (Å²) in [7, 11) is 0. The number of aromatic nitrogens is 2. The van der Waals surface area contributed by atoms with Gasteiger partial charge in [-0.1, -0.05) is 22.9 Å². The third-order valence-corrected chi connectivity index (χ3v) is 2.85. The highest BCUT2D eigenvalue weighted by molar-refractivity contribution is 5.79. The van der Waals surface area contributed by atoms with Crippen molar-refractivity contribution in [3.8, 4) is 0 Å². The molecule has 2 heterocycles. The molecule has 0 radical (unpaired) electrons. The summed E-state index contributed by atoms with van der Waals surface area (Å²) in [6, 6.07) is 16.7. The monoisotopic (exact) mass is 209 g/mol. The maximum absolute atomic E-state index is 2.16. The molecule has 2 aromatic heterocycles. The zero-order chi connectivity index (χ0) is 11.0. The van der Waals surface area contributed by atoms with E-state index in [4.69, 9.17) is 0 Å². The number of para-hydroxylation sites is 1. The lowest BCUT2D eigenvalue weighted by atomic mass is 10.3. The Kier molecular flexibility index (Phi) is 2.00. The second kappa shape index (κ2) is 3.49. The second-order valence-corrected chi connectivity index (χ2v) is 3.91. The normalized spacial score (nSPS) is 10.8. The van der Waals surface area contributed by atoms with Crippen molar-refractivity contribution in [3.05, 3.63) is 66.6 Å². The van der Waals surface area contributed by atoms with Crippen molar-refractivity contribution in [2.24, 2.45) is 0 Å². The largest absolute Gasteiger partial charge is 0.209 e. The van der Waals surface area contributed by atoms with E-state index in [0.29, 0.717) is 0 Å². The number of hydrogen-bond acceptors (Lipinski definition) is 0. The van der Waals surface area contributed by atoms with Crippen LogP contribution < -0.4 is 4.68 Å². The summed E-state index contributed by atoms with van der Waals surface area (Å²) >= 11 is 0. The molecule has 0 saturated heterocycles.